The third-order valence-corrected chi connectivity index (χ3v) is 21.0. The van der Waals surface area contributed by atoms with Crippen molar-refractivity contribution in [1.82, 2.24) is 0 Å². The van der Waals surface area contributed by atoms with Gasteiger partial charge in [0.1, 0.15) is 0 Å². The van der Waals surface area contributed by atoms with E-state index in [0.717, 1.165) is 0 Å². The maximum absolute atomic E-state index is 2.57. The SMILES string of the molecule is C[Si](C)(C)C1=C(c2ccc(C3=C([Si](C)(C)C)C([Si](C)(C)C)=C3[Si](C)(C)C)cc2)C([Si](C)(C)C)=C1[Si](C)(C)C. The Morgan fingerprint density at radius 1 is 0.263 bits per heavy atom. The molecule has 0 amide bonds. The zero-order valence-corrected chi connectivity index (χ0v) is 34.3. The molecule has 2 aliphatic rings. The van der Waals surface area contributed by atoms with E-state index in [1.807, 2.05) is 10.4 Å². The van der Waals surface area contributed by atoms with Crippen molar-refractivity contribution in [3.8, 4) is 0 Å². The summed E-state index contributed by atoms with van der Waals surface area (Å²) in [6, 6.07) is 10.0. The van der Waals surface area contributed by atoms with Crippen LogP contribution in [0, 0.1) is 0 Å². The maximum Gasteiger partial charge on any atom is 0.0782 e. The lowest BCUT2D eigenvalue weighted by Gasteiger charge is -2.48. The Bertz CT molecular complexity index is 1160. The van der Waals surface area contributed by atoms with Crippen LogP contribution in [0.3, 0.4) is 0 Å². The third kappa shape index (κ3) is 5.77. The summed E-state index contributed by atoms with van der Waals surface area (Å²) in [6.07, 6.45) is 0. The highest BCUT2D eigenvalue weighted by Crippen LogP contribution is 2.55. The Morgan fingerprint density at radius 3 is 0.605 bits per heavy atom. The van der Waals surface area contributed by atoms with Crippen LogP contribution in [0.5, 0.6) is 0 Å². The number of allylic oxidation sites excluding steroid dienone is 8. The number of hydrogen-bond donors (Lipinski definition) is 0. The molecule has 2 aliphatic carbocycles. The molecule has 0 spiro atoms. The summed E-state index contributed by atoms with van der Waals surface area (Å²) in [5.41, 5.74) is 6.32. The van der Waals surface area contributed by atoms with Gasteiger partial charge in [0.25, 0.3) is 0 Å². The van der Waals surface area contributed by atoms with E-state index in [2.05, 4.69) is 142 Å². The molecule has 0 unspecified atom stereocenters. The van der Waals surface area contributed by atoms with Crippen molar-refractivity contribution >= 4 is 59.6 Å². The van der Waals surface area contributed by atoms with Crippen LogP contribution in [-0.4, -0.2) is 48.4 Å². The van der Waals surface area contributed by atoms with Crippen molar-refractivity contribution in [3.05, 3.63) is 66.6 Å². The largest absolute Gasteiger partial charge is 0.0782 e. The number of rotatable bonds is 8. The average molecular weight is 611 g/mol. The Labute approximate surface area is 242 Å². The fourth-order valence-electron chi connectivity index (χ4n) is 6.76. The van der Waals surface area contributed by atoms with Gasteiger partial charge in [0, 0.05) is 0 Å². The first-order valence-electron chi connectivity index (χ1n) is 14.8. The molecule has 0 saturated carbocycles. The summed E-state index contributed by atoms with van der Waals surface area (Å²) < 4.78 is 0. The minimum atomic E-state index is -1.47. The van der Waals surface area contributed by atoms with Crippen molar-refractivity contribution in [3.63, 3.8) is 0 Å². The Hall–Kier alpha value is -0.519. The summed E-state index contributed by atoms with van der Waals surface area (Å²) in [6.45, 7) is 46.3. The van der Waals surface area contributed by atoms with Gasteiger partial charge in [-0.25, -0.2) is 0 Å². The van der Waals surface area contributed by atoms with E-state index in [-0.39, 0.29) is 0 Å². The lowest BCUT2D eigenvalue weighted by atomic mass is 9.93. The monoisotopic (exact) mass is 610 g/mol. The van der Waals surface area contributed by atoms with E-state index in [0.29, 0.717) is 0 Å². The van der Waals surface area contributed by atoms with E-state index in [1.165, 1.54) is 11.1 Å². The van der Waals surface area contributed by atoms with Crippen LogP contribution in [0.2, 0.25) is 118 Å². The molecule has 210 valence electrons. The normalized spacial score (nSPS) is 18.4. The molecule has 0 saturated heterocycles. The molecular weight excluding hydrogens is 553 g/mol. The van der Waals surface area contributed by atoms with Gasteiger partial charge in [-0.3, -0.25) is 0 Å². The zero-order valence-electron chi connectivity index (χ0n) is 28.3. The molecule has 0 fully saturated rings. The predicted octanol–water partition coefficient (Wildman–Crippen LogP) is 11.1. The standard InChI is InChI=1S/C32H58Si6/c1-33(2,3)27-25(28(34(4,5)6)31(27)37(13,14)15)23-19-21-24(22-20-23)26-29(35(7,8)9)32(38(16,17)18)30(26)36(10,11)12/h19-22H,1-18H3. The molecule has 1 aromatic carbocycles. The zero-order chi connectivity index (χ0) is 29.6. The van der Waals surface area contributed by atoms with Gasteiger partial charge in [-0.15, -0.1) is 0 Å². The molecule has 0 heterocycles. The highest BCUT2D eigenvalue weighted by molar-refractivity contribution is 7.00. The van der Waals surface area contributed by atoms with E-state index in [4.69, 9.17) is 0 Å². The average Bonchev–Trinajstić information content (AvgIpc) is 2.53. The van der Waals surface area contributed by atoms with Crippen molar-refractivity contribution in [2.45, 2.75) is 118 Å². The first-order chi connectivity index (χ1) is 16.7. The van der Waals surface area contributed by atoms with Crippen molar-refractivity contribution in [2.24, 2.45) is 0 Å². The topological polar surface area (TPSA) is 0 Å². The van der Waals surface area contributed by atoms with Crippen LogP contribution in [0.4, 0.5) is 0 Å². The van der Waals surface area contributed by atoms with Gasteiger partial charge in [0.05, 0.1) is 48.4 Å². The Balaban J connectivity index is 2.24. The van der Waals surface area contributed by atoms with Crippen LogP contribution in [0.15, 0.2) is 55.4 Å². The fourth-order valence-corrected chi connectivity index (χ4v) is 27.3. The summed E-state index contributed by atoms with van der Waals surface area (Å²) in [4.78, 5) is 0. The van der Waals surface area contributed by atoms with Crippen LogP contribution >= 0.6 is 0 Å². The molecule has 0 nitrogen and oxygen atoms in total. The lowest BCUT2D eigenvalue weighted by molar-refractivity contribution is 1.38. The number of benzene rings is 1. The second kappa shape index (κ2) is 9.51. The summed E-state index contributed by atoms with van der Waals surface area (Å²) in [5, 5.41) is 10.9. The van der Waals surface area contributed by atoms with Gasteiger partial charge in [-0.1, -0.05) is 173 Å². The van der Waals surface area contributed by atoms with Crippen LogP contribution in [-0.2, 0) is 0 Å². The quantitative estimate of drug-likeness (QED) is 0.257. The van der Waals surface area contributed by atoms with Gasteiger partial charge >= 0.3 is 0 Å². The molecule has 1 aromatic rings. The highest BCUT2D eigenvalue weighted by atomic mass is 28.3. The van der Waals surface area contributed by atoms with Crippen molar-refractivity contribution < 1.29 is 0 Å². The van der Waals surface area contributed by atoms with E-state index >= 15 is 0 Å². The molecule has 0 aromatic heterocycles. The Morgan fingerprint density at radius 2 is 0.447 bits per heavy atom. The first-order valence-corrected chi connectivity index (χ1v) is 35.8. The highest BCUT2D eigenvalue weighted by Gasteiger charge is 2.48. The maximum atomic E-state index is 2.57. The minimum Gasteiger partial charge on any atom is -0.0656 e. The van der Waals surface area contributed by atoms with Crippen LogP contribution in [0.1, 0.15) is 11.1 Å². The van der Waals surface area contributed by atoms with Crippen molar-refractivity contribution in [1.29, 1.82) is 0 Å². The second-order valence-electron chi connectivity index (χ2n) is 18.1. The van der Waals surface area contributed by atoms with Crippen LogP contribution < -0.4 is 0 Å². The predicted molar refractivity (Wildman–Crippen MR) is 194 cm³/mol. The van der Waals surface area contributed by atoms with E-state index in [1.54, 1.807) is 31.9 Å². The molecule has 0 aliphatic heterocycles. The summed E-state index contributed by atoms with van der Waals surface area (Å²) in [5.74, 6) is 0. The summed E-state index contributed by atoms with van der Waals surface area (Å²) in [7, 11) is -8.70. The minimum absolute atomic E-state index is 1.41. The first kappa shape index (κ1) is 32.0. The molecule has 6 heteroatoms. The molecule has 3 rings (SSSR count). The molecule has 0 N–H and O–H groups in total. The summed E-state index contributed by atoms with van der Waals surface area (Å²) >= 11 is 0. The van der Waals surface area contributed by atoms with Crippen LogP contribution in [0.25, 0.3) is 11.1 Å². The number of hydrogen-bond acceptors (Lipinski definition) is 0. The van der Waals surface area contributed by atoms with Crippen molar-refractivity contribution in [2.75, 3.05) is 0 Å². The van der Waals surface area contributed by atoms with Gasteiger partial charge < -0.3 is 0 Å². The second-order valence-corrected chi connectivity index (χ2v) is 48.1. The molecule has 38 heavy (non-hydrogen) atoms. The lowest BCUT2D eigenvalue weighted by Crippen LogP contribution is -2.46. The Kier molecular flexibility index (Phi) is 8.01. The van der Waals surface area contributed by atoms with Gasteiger partial charge in [-0.05, 0) is 22.3 Å². The van der Waals surface area contributed by atoms with Gasteiger partial charge in [0.15, 0.2) is 0 Å². The smallest absolute Gasteiger partial charge is 0.0656 e. The third-order valence-electron chi connectivity index (χ3n) is 7.96. The molecule has 0 bridgehead atoms. The molecule has 0 radical (unpaired) electrons. The van der Waals surface area contributed by atoms with Gasteiger partial charge in [-0.2, -0.15) is 0 Å². The molecule has 0 atom stereocenters. The van der Waals surface area contributed by atoms with Gasteiger partial charge in [0.2, 0.25) is 0 Å². The van der Waals surface area contributed by atoms with E-state index in [9.17, 15) is 0 Å². The van der Waals surface area contributed by atoms with E-state index < -0.39 is 48.4 Å². The fraction of sp³-hybridized carbons (Fsp3) is 0.562. The molecular formula is C32H58Si6.